The van der Waals surface area contributed by atoms with Crippen LogP contribution < -0.4 is 9.47 Å². The smallest absolute Gasteiger partial charge is 0.315 e. The molecule has 1 aromatic heterocycles. The van der Waals surface area contributed by atoms with E-state index < -0.39 is 14.9 Å². The van der Waals surface area contributed by atoms with Crippen molar-refractivity contribution in [2.75, 3.05) is 13.4 Å². The van der Waals surface area contributed by atoms with Crippen molar-refractivity contribution in [2.45, 2.75) is 13.5 Å². The second kappa shape index (κ2) is 7.92. The zero-order valence-electron chi connectivity index (χ0n) is 16.0. The molecule has 0 radical (unpaired) electrons. The number of hydrogen-bond donors (Lipinski definition) is 0. The highest BCUT2D eigenvalue weighted by atomic mass is 32.2. The van der Waals surface area contributed by atoms with E-state index in [9.17, 15) is 18.5 Å². The topological polar surface area (TPSA) is 114 Å². The van der Waals surface area contributed by atoms with E-state index in [1.54, 1.807) is 0 Å². The zero-order chi connectivity index (χ0) is 21.2. The second-order valence-corrected chi connectivity index (χ2v) is 8.23. The second-order valence-electron chi connectivity index (χ2n) is 6.37. The number of aryl methyl sites for hydroxylation is 1. The quantitative estimate of drug-likeness (QED) is 0.428. The van der Waals surface area contributed by atoms with Gasteiger partial charge in [0.15, 0.2) is 11.6 Å². The molecular formula is C19H19N3O6S. The number of nitro groups is 1. The molecule has 0 spiro atoms. The van der Waals surface area contributed by atoms with Crippen molar-refractivity contribution in [1.82, 2.24) is 8.96 Å². The van der Waals surface area contributed by atoms with Crippen LogP contribution in [0.3, 0.4) is 0 Å². The minimum atomic E-state index is -3.64. The monoisotopic (exact) mass is 417 g/mol. The van der Waals surface area contributed by atoms with Crippen LogP contribution in [0, 0.1) is 17.0 Å². The molecule has 0 aliphatic rings. The summed E-state index contributed by atoms with van der Waals surface area (Å²) in [5.74, 6) is 0.0997. The standard InChI is InChI=1S/C19H19N3O6S/c1-13-4-6-14(7-5-13)12-28-18-16(22(23)24)10-15(11-17(18)27-2)19-20-8-9-21(19)29(3,25)26/h4-11H,12H2,1-3H3. The normalized spacial score (nSPS) is 11.3. The summed E-state index contributed by atoms with van der Waals surface area (Å²) >= 11 is 0. The third-order valence-corrected chi connectivity index (χ3v) is 5.19. The van der Waals surface area contributed by atoms with Crippen molar-refractivity contribution >= 4 is 15.7 Å². The first-order valence-electron chi connectivity index (χ1n) is 8.49. The first-order chi connectivity index (χ1) is 13.7. The number of rotatable bonds is 7. The average molecular weight is 417 g/mol. The Morgan fingerprint density at radius 3 is 2.48 bits per heavy atom. The Morgan fingerprint density at radius 2 is 1.90 bits per heavy atom. The number of nitrogens with zero attached hydrogens (tertiary/aromatic N) is 3. The van der Waals surface area contributed by atoms with Crippen molar-refractivity contribution < 1.29 is 22.8 Å². The lowest BCUT2D eigenvalue weighted by atomic mass is 10.1. The maximum Gasteiger partial charge on any atom is 0.315 e. The van der Waals surface area contributed by atoms with E-state index in [1.807, 2.05) is 31.2 Å². The number of imidazole rings is 1. The van der Waals surface area contributed by atoms with Gasteiger partial charge in [0.25, 0.3) is 0 Å². The number of benzene rings is 2. The van der Waals surface area contributed by atoms with E-state index >= 15 is 0 Å². The average Bonchev–Trinajstić information content (AvgIpc) is 3.17. The molecule has 10 heteroatoms. The molecule has 2 aromatic carbocycles. The van der Waals surface area contributed by atoms with Gasteiger partial charge in [0.2, 0.25) is 15.8 Å². The first kappa shape index (κ1) is 20.3. The lowest BCUT2D eigenvalue weighted by Gasteiger charge is -2.13. The van der Waals surface area contributed by atoms with Crippen LogP contribution in [-0.2, 0) is 16.6 Å². The molecule has 0 N–H and O–H groups in total. The summed E-state index contributed by atoms with van der Waals surface area (Å²) in [6.07, 6.45) is 3.59. The van der Waals surface area contributed by atoms with Crippen LogP contribution in [0.5, 0.6) is 11.5 Å². The summed E-state index contributed by atoms with van der Waals surface area (Å²) in [5, 5.41) is 11.7. The van der Waals surface area contributed by atoms with Crippen molar-refractivity contribution in [2.24, 2.45) is 0 Å². The highest BCUT2D eigenvalue weighted by molar-refractivity contribution is 7.89. The molecule has 0 saturated heterocycles. The summed E-state index contributed by atoms with van der Waals surface area (Å²) in [6, 6.07) is 10.2. The summed E-state index contributed by atoms with van der Waals surface area (Å²) in [5.41, 5.74) is 1.79. The number of aromatic nitrogens is 2. The van der Waals surface area contributed by atoms with Gasteiger partial charge in [-0.25, -0.2) is 17.4 Å². The van der Waals surface area contributed by atoms with Gasteiger partial charge in [-0.3, -0.25) is 10.1 Å². The SMILES string of the molecule is COc1cc(-c2nccn2S(C)(=O)=O)cc([N+](=O)[O-])c1OCc1ccc(C)cc1. The molecule has 0 fully saturated rings. The van der Waals surface area contributed by atoms with Crippen LogP contribution >= 0.6 is 0 Å². The maximum atomic E-state index is 11.9. The fourth-order valence-corrected chi connectivity index (χ4v) is 3.49. The van der Waals surface area contributed by atoms with Gasteiger partial charge in [-0.15, -0.1) is 0 Å². The van der Waals surface area contributed by atoms with Crippen molar-refractivity contribution in [3.63, 3.8) is 0 Å². The Kier molecular flexibility index (Phi) is 5.55. The van der Waals surface area contributed by atoms with Crippen molar-refractivity contribution in [3.05, 3.63) is 70.0 Å². The lowest BCUT2D eigenvalue weighted by Crippen LogP contribution is -2.11. The third kappa shape index (κ3) is 4.37. The summed E-state index contributed by atoms with van der Waals surface area (Å²) in [7, 11) is -2.29. The molecule has 0 amide bonds. The molecule has 29 heavy (non-hydrogen) atoms. The molecule has 0 atom stereocenters. The molecule has 0 bridgehead atoms. The number of methoxy groups -OCH3 is 1. The van der Waals surface area contributed by atoms with E-state index in [-0.39, 0.29) is 35.2 Å². The van der Waals surface area contributed by atoms with E-state index in [0.717, 1.165) is 21.4 Å². The molecule has 152 valence electrons. The molecule has 0 saturated carbocycles. The summed E-state index contributed by atoms with van der Waals surface area (Å²) in [6.45, 7) is 2.06. The molecule has 3 aromatic rings. The third-order valence-electron chi connectivity index (χ3n) is 4.18. The Hall–Kier alpha value is -3.40. The van der Waals surface area contributed by atoms with E-state index in [2.05, 4.69) is 4.98 Å². The van der Waals surface area contributed by atoms with E-state index in [4.69, 9.17) is 9.47 Å². The van der Waals surface area contributed by atoms with Gasteiger partial charge in [-0.2, -0.15) is 0 Å². The molecule has 0 aliphatic carbocycles. The number of nitro benzene ring substituents is 1. The van der Waals surface area contributed by atoms with E-state index in [0.29, 0.717) is 0 Å². The van der Waals surface area contributed by atoms with Gasteiger partial charge in [0.1, 0.15) is 6.61 Å². The van der Waals surface area contributed by atoms with Crippen LogP contribution in [0.25, 0.3) is 11.4 Å². The molecular weight excluding hydrogens is 398 g/mol. The predicted molar refractivity (Wildman–Crippen MR) is 107 cm³/mol. The first-order valence-corrected chi connectivity index (χ1v) is 10.3. The molecule has 3 rings (SSSR count). The van der Waals surface area contributed by atoms with Gasteiger partial charge < -0.3 is 9.47 Å². The summed E-state index contributed by atoms with van der Waals surface area (Å²) in [4.78, 5) is 15.1. The van der Waals surface area contributed by atoms with Gasteiger partial charge in [-0.1, -0.05) is 29.8 Å². The Bertz CT molecular complexity index is 1150. The van der Waals surface area contributed by atoms with Crippen molar-refractivity contribution in [3.8, 4) is 22.9 Å². The van der Waals surface area contributed by atoms with Crippen LogP contribution in [0.4, 0.5) is 5.69 Å². The lowest BCUT2D eigenvalue weighted by molar-refractivity contribution is -0.386. The van der Waals surface area contributed by atoms with Gasteiger partial charge >= 0.3 is 5.69 Å². The van der Waals surface area contributed by atoms with Gasteiger partial charge in [0, 0.05) is 24.0 Å². The Labute approximate surface area is 167 Å². The van der Waals surface area contributed by atoms with Gasteiger partial charge in [0.05, 0.1) is 18.3 Å². The van der Waals surface area contributed by atoms with Crippen molar-refractivity contribution in [1.29, 1.82) is 0 Å². The zero-order valence-corrected chi connectivity index (χ0v) is 16.8. The molecule has 9 nitrogen and oxygen atoms in total. The van der Waals surface area contributed by atoms with Crippen LogP contribution in [-0.4, -0.2) is 35.7 Å². The Morgan fingerprint density at radius 1 is 1.21 bits per heavy atom. The van der Waals surface area contributed by atoms with Gasteiger partial charge in [-0.05, 0) is 18.6 Å². The van der Waals surface area contributed by atoms with Crippen LogP contribution in [0.1, 0.15) is 11.1 Å². The minimum absolute atomic E-state index is 0.0407. The highest BCUT2D eigenvalue weighted by Gasteiger charge is 2.25. The predicted octanol–water partition coefficient (Wildman–Crippen LogP) is 3.16. The fourth-order valence-electron chi connectivity index (χ4n) is 2.75. The fraction of sp³-hybridized carbons (Fsp3) is 0.211. The van der Waals surface area contributed by atoms with Crippen LogP contribution in [0.2, 0.25) is 0 Å². The maximum absolute atomic E-state index is 11.9. The highest BCUT2D eigenvalue weighted by Crippen LogP contribution is 2.41. The minimum Gasteiger partial charge on any atom is -0.493 e. The van der Waals surface area contributed by atoms with Crippen LogP contribution in [0.15, 0.2) is 48.8 Å². The molecule has 0 aliphatic heterocycles. The number of hydrogen-bond acceptors (Lipinski definition) is 7. The number of ether oxygens (including phenoxy) is 2. The molecule has 1 heterocycles. The Balaban J connectivity index is 2.05. The molecule has 0 unspecified atom stereocenters. The largest absolute Gasteiger partial charge is 0.493 e. The van der Waals surface area contributed by atoms with E-state index in [1.165, 1.54) is 31.6 Å². The summed E-state index contributed by atoms with van der Waals surface area (Å²) < 4.78 is 35.8.